The van der Waals surface area contributed by atoms with E-state index in [1.54, 1.807) is 0 Å². The normalized spacial score (nSPS) is 18.0. The molecule has 1 atom stereocenters. The Morgan fingerprint density at radius 3 is 2.67 bits per heavy atom. The smallest absolute Gasteiger partial charge is 0.243 e. The van der Waals surface area contributed by atoms with Gasteiger partial charge in [0.05, 0.1) is 5.02 Å². The van der Waals surface area contributed by atoms with Gasteiger partial charge in [-0.1, -0.05) is 11.6 Å². The van der Waals surface area contributed by atoms with E-state index in [0.717, 1.165) is 32.0 Å². The van der Waals surface area contributed by atoms with Crippen molar-refractivity contribution in [1.82, 2.24) is 9.62 Å². The summed E-state index contributed by atoms with van der Waals surface area (Å²) in [6.45, 7) is 4.08. The second-order valence-electron chi connectivity index (χ2n) is 5.26. The number of anilines is 1. The molecular weight excluding hydrogens is 317 g/mol. The molecule has 1 saturated heterocycles. The van der Waals surface area contributed by atoms with Crippen molar-refractivity contribution in [2.45, 2.75) is 30.7 Å². The fourth-order valence-corrected chi connectivity index (χ4v) is 3.94. The number of nitrogen functional groups attached to an aromatic ring is 1. The molecule has 0 amide bonds. The van der Waals surface area contributed by atoms with E-state index in [4.69, 9.17) is 17.3 Å². The summed E-state index contributed by atoms with van der Waals surface area (Å²) in [7, 11) is -3.98. The minimum atomic E-state index is -3.98. The first kappa shape index (κ1) is 16.5. The predicted octanol–water partition coefficient (Wildman–Crippen LogP) is 1.82. The molecule has 3 N–H and O–H groups in total. The molecule has 0 aliphatic carbocycles. The van der Waals surface area contributed by atoms with Crippen LogP contribution in [0, 0.1) is 5.82 Å². The Balaban J connectivity index is 2.11. The van der Waals surface area contributed by atoms with Crippen LogP contribution in [-0.4, -0.2) is 39.0 Å². The largest absolute Gasteiger partial charge is 0.399 e. The summed E-state index contributed by atoms with van der Waals surface area (Å²) in [5.41, 5.74) is 5.63. The molecule has 2 rings (SSSR count). The standard InChI is InChI=1S/C13H19ClFN3O2S/c1-9(18-4-2-3-5-18)8-17-21(19,20)12-7-10(16)6-11(14)13(12)15/h6-7,9,17H,2-5,8,16H2,1H3. The Morgan fingerprint density at radius 1 is 1.43 bits per heavy atom. The lowest BCUT2D eigenvalue weighted by Gasteiger charge is -2.23. The number of likely N-dealkylation sites (tertiary alicyclic amines) is 1. The lowest BCUT2D eigenvalue weighted by molar-refractivity contribution is 0.260. The van der Waals surface area contributed by atoms with E-state index in [9.17, 15) is 12.8 Å². The lowest BCUT2D eigenvalue weighted by atomic mass is 10.3. The van der Waals surface area contributed by atoms with Gasteiger partial charge in [-0.3, -0.25) is 4.90 Å². The summed E-state index contributed by atoms with van der Waals surface area (Å²) in [5.74, 6) is -0.979. The van der Waals surface area contributed by atoms with Gasteiger partial charge in [-0.15, -0.1) is 0 Å². The monoisotopic (exact) mass is 335 g/mol. The SMILES string of the molecule is CC(CNS(=O)(=O)c1cc(N)cc(Cl)c1F)N1CCCC1. The van der Waals surface area contributed by atoms with Crippen LogP contribution in [0.2, 0.25) is 5.02 Å². The maximum atomic E-state index is 13.9. The van der Waals surface area contributed by atoms with Crippen LogP contribution in [0.25, 0.3) is 0 Å². The molecule has 0 bridgehead atoms. The molecule has 5 nitrogen and oxygen atoms in total. The third-order valence-corrected chi connectivity index (χ3v) is 5.34. The molecule has 1 unspecified atom stereocenters. The van der Waals surface area contributed by atoms with E-state index in [-0.39, 0.29) is 23.3 Å². The van der Waals surface area contributed by atoms with Crippen LogP contribution in [0.4, 0.5) is 10.1 Å². The molecule has 1 heterocycles. The van der Waals surface area contributed by atoms with Crippen molar-refractivity contribution in [3.63, 3.8) is 0 Å². The van der Waals surface area contributed by atoms with Crippen molar-refractivity contribution in [1.29, 1.82) is 0 Å². The third-order valence-electron chi connectivity index (χ3n) is 3.64. The van der Waals surface area contributed by atoms with Crippen molar-refractivity contribution in [2.24, 2.45) is 0 Å². The van der Waals surface area contributed by atoms with Crippen LogP contribution in [0.15, 0.2) is 17.0 Å². The average Bonchev–Trinajstić information content (AvgIpc) is 2.94. The van der Waals surface area contributed by atoms with Crippen LogP contribution >= 0.6 is 11.6 Å². The summed E-state index contributed by atoms with van der Waals surface area (Å²) in [4.78, 5) is 1.69. The molecule has 0 radical (unpaired) electrons. The first-order valence-electron chi connectivity index (χ1n) is 6.79. The number of sulfonamides is 1. The number of halogens is 2. The maximum absolute atomic E-state index is 13.9. The second-order valence-corrected chi connectivity index (χ2v) is 7.40. The number of nitrogens with two attached hydrogens (primary N) is 1. The van der Waals surface area contributed by atoms with Crippen LogP contribution in [0.5, 0.6) is 0 Å². The molecule has 1 aromatic carbocycles. The molecule has 1 aromatic rings. The van der Waals surface area contributed by atoms with Gasteiger partial charge in [-0.05, 0) is 45.0 Å². The Labute approximate surface area is 129 Å². The molecule has 21 heavy (non-hydrogen) atoms. The zero-order valence-electron chi connectivity index (χ0n) is 11.8. The summed E-state index contributed by atoms with van der Waals surface area (Å²) in [6.07, 6.45) is 2.24. The number of rotatable bonds is 5. The second kappa shape index (κ2) is 6.48. The van der Waals surface area contributed by atoms with E-state index < -0.39 is 20.7 Å². The molecule has 0 saturated carbocycles. The Kier molecular flexibility index (Phi) is 5.08. The van der Waals surface area contributed by atoms with Crippen LogP contribution in [0.1, 0.15) is 19.8 Å². The topological polar surface area (TPSA) is 75.4 Å². The highest BCUT2D eigenvalue weighted by Crippen LogP contribution is 2.25. The zero-order valence-corrected chi connectivity index (χ0v) is 13.3. The fraction of sp³-hybridized carbons (Fsp3) is 0.538. The van der Waals surface area contributed by atoms with Gasteiger partial charge < -0.3 is 5.73 Å². The van der Waals surface area contributed by atoms with Gasteiger partial charge >= 0.3 is 0 Å². The zero-order chi connectivity index (χ0) is 15.6. The van der Waals surface area contributed by atoms with Gasteiger partial charge in [0.25, 0.3) is 0 Å². The number of nitrogens with one attached hydrogen (secondary N) is 1. The lowest BCUT2D eigenvalue weighted by Crippen LogP contribution is -2.40. The first-order valence-corrected chi connectivity index (χ1v) is 8.65. The molecule has 0 aromatic heterocycles. The Morgan fingerprint density at radius 2 is 2.05 bits per heavy atom. The highest BCUT2D eigenvalue weighted by atomic mass is 35.5. The highest BCUT2D eigenvalue weighted by molar-refractivity contribution is 7.89. The quantitative estimate of drug-likeness (QED) is 0.805. The molecule has 118 valence electrons. The van der Waals surface area contributed by atoms with Crippen LogP contribution in [0.3, 0.4) is 0 Å². The molecular formula is C13H19ClFN3O2S. The minimum absolute atomic E-state index is 0.0573. The number of hydrogen-bond donors (Lipinski definition) is 2. The summed E-state index contributed by atoms with van der Waals surface area (Å²) >= 11 is 5.64. The van der Waals surface area contributed by atoms with Crippen LogP contribution < -0.4 is 10.5 Å². The van der Waals surface area contributed by atoms with E-state index in [2.05, 4.69) is 9.62 Å². The third kappa shape index (κ3) is 3.85. The summed E-state index contributed by atoms with van der Waals surface area (Å²) in [6, 6.07) is 2.31. The fourth-order valence-electron chi connectivity index (χ4n) is 2.40. The summed E-state index contributed by atoms with van der Waals surface area (Å²) < 4.78 is 40.7. The predicted molar refractivity (Wildman–Crippen MR) is 81.3 cm³/mol. The van der Waals surface area contributed by atoms with Crippen molar-refractivity contribution < 1.29 is 12.8 Å². The van der Waals surface area contributed by atoms with Crippen molar-refractivity contribution in [2.75, 3.05) is 25.4 Å². The van der Waals surface area contributed by atoms with E-state index in [1.165, 1.54) is 6.07 Å². The van der Waals surface area contributed by atoms with Gasteiger partial charge in [-0.2, -0.15) is 0 Å². The average molecular weight is 336 g/mol. The minimum Gasteiger partial charge on any atom is -0.399 e. The van der Waals surface area contributed by atoms with E-state index in [0.29, 0.717) is 0 Å². The van der Waals surface area contributed by atoms with Crippen molar-refractivity contribution >= 4 is 27.3 Å². The van der Waals surface area contributed by atoms with E-state index >= 15 is 0 Å². The van der Waals surface area contributed by atoms with Gasteiger partial charge in [-0.25, -0.2) is 17.5 Å². The molecule has 0 spiro atoms. The highest BCUT2D eigenvalue weighted by Gasteiger charge is 2.24. The van der Waals surface area contributed by atoms with Crippen LogP contribution in [-0.2, 0) is 10.0 Å². The molecule has 1 aliphatic rings. The molecule has 1 fully saturated rings. The summed E-state index contributed by atoms with van der Waals surface area (Å²) in [5, 5.41) is -0.303. The van der Waals surface area contributed by atoms with Gasteiger partial charge in [0, 0.05) is 18.3 Å². The Bertz CT molecular complexity index is 618. The molecule has 1 aliphatic heterocycles. The van der Waals surface area contributed by atoms with Gasteiger partial charge in [0.15, 0.2) is 5.82 Å². The van der Waals surface area contributed by atoms with Gasteiger partial charge in [0.2, 0.25) is 10.0 Å². The first-order chi connectivity index (χ1) is 9.81. The number of benzene rings is 1. The van der Waals surface area contributed by atoms with Gasteiger partial charge in [0.1, 0.15) is 4.90 Å². The maximum Gasteiger partial charge on any atom is 0.243 e. The molecule has 8 heteroatoms. The number of hydrogen-bond acceptors (Lipinski definition) is 4. The van der Waals surface area contributed by atoms with Crippen molar-refractivity contribution in [3.05, 3.63) is 23.0 Å². The van der Waals surface area contributed by atoms with E-state index in [1.807, 2.05) is 6.92 Å². The van der Waals surface area contributed by atoms with Crippen molar-refractivity contribution in [3.8, 4) is 0 Å². The Hall–Kier alpha value is -0.890. The number of nitrogens with zero attached hydrogens (tertiary/aromatic N) is 1.